The van der Waals surface area contributed by atoms with Gasteiger partial charge in [0.1, 0.15) is 24.4 Å². The van der Waals surface area contributed by atoms with Crippen LogP contribution < -0.4 is 5.32 Å². The topological polar surface area (TPSA) is 175 Å². The summed E-state index contributed by atoms with van der Waals surface area (Å²) < 4.78 is 17.6. The van der Waals surface area contributed by atoms with Crippen molar-refractivity contribution in [3.05, 3.63) is 36.5 Å². The molecule has 1 fully saturated rings. The fourth-order valence-corrected chi connectivity index (χ4v) is 9.05. The minimum Gasteiger partial charge on any atom is -0.454 e. The highest BCUT2D eigenvalue weighted by molar-refractivity contribution is 5.80. The Hall–Kier alpha value is -2.12. The van der Waals surface area contributed by atoms with E-state index in [1.54, 1.807) is 6.08 Å². The van der Waals surface area contributed by atoms with E-state index >= 15 is 0 Å². The Morgan fingerprint density at radius 3 is 1.40 bits per heavy atom. The van der Waals surface area contributed by atoms with Gasteiger partial charge in [0.2, 0.25) is 5.91 Å². The number of aliphatic hydroxyl groups is 5. The highest BCUT2D eigenvalue weighted by atomic mass is 16.7. The van der Waals surface area contributed by atoms with Gasteiger partial charge in [0.15, 0.2) is 12.4 Å². The number of aliphatic hydroxyl groups excluding tert-OH is 5. The molecule has 0 spiro atoms. The fourth-order valence-electron chi connectivity index (χ4n) is 9.05. The molecule has 1 heterocycles. The van der Waals surface area contributed by atoms with Crippen LogP contribution in [0, 0.1) is 0 Å². The Balaban J connectivity index is 2.75. The molecule has 0 aromatic carbocycles. The highest BCUT2D eigenvalue weighted by Gasteiger charge is 2.47. The summed E-state index contributed by atoms with van der Waals surface area (Å²) in [6.07, 6.45) is 44.7. The number of unbranched alkanes of at least 4 members (excludes halogenated alkanes) is 31. The van der Waals surface area contributed by atoms with Crippen molar-refractivity contribution in [1.82, 2.24) is 5.32 Å². The van der Waals surface area contributed by atoms with Crippen molar-refractivity contribution in [2.24, 2.45) is 0 Å². The second-order valence-electron chi connectivity index (χ2n) is 20.4. The van der Waals surface area contributed by atoms with E-state index in [1.165, 1.54) is 141 Å². The van der Waals surface area contributed by atoms with Crippen molar-refractivity contribution in [3.63, 3.8) is 0 Å². The third kappa shape index (κ3) is 35.9. The Morgan fingerprint density at radius 1 is 0.543 bits per heavy atom. The minimum atomic E-state index is -1.62. The van der Waals surface area contributed by atoms with E-state index < -0.39 is 67.4 Å². The number of hydrogen-bond donors (Lipinski definition) is 6. The van der Waals surface area contributed by atoms with Gasteiger partial charge in [-0.2, -0.15) is 0 Å². The zero-order chi connectivity index (χ0) is 51.1. The van der Waals surface area contributed by atoms with Crippen molar-refractivity contribution < 1.29 is 49.3 Å². The third-order valence-electron chi connectivity index (χ3n) is 13.8. The summed E-state index contributed by atoms with van der Waals surface area (Å²) in [6.45, 7) is 5.76. The zero-order valence-electron chi connectivity index (χ0n) is 45.1. The fraction of sp³-hybridized carbons (Fsp3) is 0.864. The van der Waals surface area contributed by atoms with Crippen LogP contribution in [-0.4, -0.2) is 99.6 Å². The number of hydrogen-bond acceptors (Lipinski definition) is 10. The summed E-state index contributed by atoms with van der Waals surface area (Å²) >= 11 is 0. The van der Waals surface area contributed by atoms with Gasteiger partial charge in [-0.3, -0.25) is 9.59 Å². The van der Waals surface area contributed by atoms with Crippen LogP contribution >= 0.6 is 0 Å². The average molecular weight is 993 g/mol. The predicted octanol–water partition coefficient (Wildman–Crippen LogP) is 13.1. The number of ether oxygens (including phenoxy) is 3. The molecule has 410 valence electrons. The molecule has 1 saturated heterocycles. The van der Waals surface area contributed by atoms with Crippen molar-refractivity contribution in [1.29, 1.82) is 0 Å². The smallest absolute Gasteiger partial charge is 0.306 e. The molecule has 1 rings (SSSR count). The molecule has 0 aliphatic carbocycles. The van der Waals surface area contributed by atoms with Gasteiger partial charge in [-0.05, 0) is 77.0 Å². The number of nitrogens with one attached hydrogen (secondary N) is 1. The standard InChI is InChI=1S/C59H109NO10/c1-4-7-10-13-16-19-22-25-28-31-34-37-40-43-46-52(63)58(67)60-50(51(62)45-42-39-36-33-30-27-24-21-18-15-12-9-6-3)49-68-59-57(56(66)55(65)53(48-61)69-59)70-54(64)47-44-41-38-35-32-29-26-23-20-17-14-11-8-5-2/h19,22,29,32,42,45,50-53,55-57,59,61-63,65-66H,4-18,20-21,23-28,30-31,33-41,43-44,46-49H2,1-3H3,(H,60,67)/b22-19-,32-29-,45-42+. The van der Waals surface area contributed by atoms with Crippen LogP contribution in [0.1, 0.15) is 265 Å². The molecule has 8 atom stereocenters. The Kier molecular flexibility index (Phi) is 45.1. The van der Waals surface area contributed by atoms with E-state index in [2.05, 4.69) is 50.4 Å². The summed E-state index contributed by atoms with van der Waals surface area (Å²) in [5.74, 6) is -1.21. The molecule has 1 amide bonds. The summed E-state index contributed by atoms with van der Waals surface area (Å²) in [7, 11) is 0. The van der Waals surface area contributed by atoms with E-state index in [4.69, 9.17) is 14.2 Å². The van der Waals surface area contributed by atoms with Crippen LogP contribution in [0.5, 0.6) is 0 Å². The largest absolute Gasteiger partial charge is 0.454 e. The van der Waals surface area contributed by atoms with Crippen LogP contribution in [-0.2, 0) is 23.8 Å². The van der Waals surface area contributed by atoms with Crippen molar-refractivity contribution >= 4 is 11.9 Å². The van der Waals surface area contributed by atoms with Crippen LogP contribution in [0.25, 0.3) is 0 Å². The summed E-state index contributed by atoms with van der Waals surface area (Å²) in [4.78, 5) is 26.4. The quantitative estimate of drug-likeness (QED) is 0.0195. The lowest BCUT2D eigenvalue weighted by Crippen LogP contribution is -2.61. The first-order valence-corrected chi connectivity index (χ1v) is 29.3. The van der Waals surface area contributed by atoms with Crippen LogP contribution in [0.15, 0.2) is 36.5 Å². The SMILES string of the molecule is CCCCCC/C=C\CCCCCCCCC(O)C(=O)NC(COC1OC(CO)C(O)C(O)C1OC(=O)CCCCC/C=C\CCCCCCCCC)C(O)/C=C/CCCCCCCCCCCCC. The molecular weight excluding hydrogens is 883 g/mol. The van der Waals surface area contributed by atoms with Gasteiger partial charge in [0.25, 0.3) is 0 Å². The van der Waals surface area contributed by atoms with Crippen molar-refractivity contribution in [3.8, 4) is 0 Å². The summed E-state index contributed by atoms with van der Waals surface area (Å²) in [5, 5.41) is 56.8. The predicted molar refractivity (Wildman–Crippen MR) is 287 cm³/mol. The van der Waals surface area contributed by atoms with Crippen molar-refractivity contribution in [2.75, 3.05) is 13.2 Å². The number of allylic oxidation sites excluding steroid dienone is 5. The van der Waals surface area contributed by atoms with Gasteiger partial charge in [0.05, 0.1) is 25.4 Å². The highest BCUT2D eigenvalue weighted by Crippen LogP contribution is 2.26. The minimum absolute atomic E-state index is 0.104. The van der Waals surface area contributed by atoms with Gasteiger partial charge in [0, 0.05) is 6.42 Å². The molecule has 0 saturated carbocycles. The summed E-state index contributed by atoms with van der Waals surface area (Å²) in [5.41, 5.74) is 0. The second kappa shape index (κ2) is 47.9. The molecule has 1 aliphatic heterocycles. The normalized spacial score (nSPS) is 19.9. The monoisotopic (exact) mass is 992 g/mol. The Bertz CT molecular complexity index is 1280. The zero-order valence-corrected chi connectivity index (χ0v) is 45.1. The summed E-state index contributed by atoms with van der Waals surface area (Å²) in [6, 6.07) is -1.03. The lowest BCUT2D eigenvalue weighted by atomic mass is 9.99. The second-order valence-corrected chi connectivity index (χ2v) is 20.4. The van der Waals surface area contributed by atoms with Gasteiger partial charge in [-0.15, -0.1) is 0 Å². The number of carbonyl (C=O) groups is 2. The third-order valence-corrected chi connectivity index (χ3v) is 13.8. The molecule has 70 heavy (non-hydrogen) atoms. The lowest BCUT2D eigenvalue weighted by Gasteiger charge is -2.41. The van der Waals surface area contributed by atoms with E-state index in [0.717, 1.165) is 77.0 Å². The van der Waals surface area contributed by atoms with Crippen LogP contribution in [0.4, 0.5) is 0 Å². The Morgan fingerprint density at radius 2 is 0.943 bits per heavy atom. The van der Waals surface area contributed by atoms with Gasteiger partial charge < -0.3 is 45.1 Å². The first kappa shape index (κ1) is 65.9. The molecule has 11 heteroatoms. The molecule has 11 nitrogen and oxygen atoms in total. The molecular formula is C59H109NO10. The molecule has 0 bridgehead atoms. The lowest BCUT2D eigenvalue weighted by molar-refractivity contribution is -0.305. The van der Waals surface area contributed by atoms with Gasteiger partial charge in [-0.1, -0.05) is 218 Å². The van der Waals surface area contributed by atoms with Gasteiger partial charge >= 0.3 is 5.97 Å². The molecule has 0 radical (unpaired) electrons. The number of rotatable bonds is 49. The van der Waals surface area contributed by atoms with Crippen LogP contribution in [0.2, 0.25) is 0 Å². The number of carbonyl (C=O) groups excluding carboxylic acids is 2. The van der Waals surface area contributed by atoms with Crippen LogP contribution in [0.3, 0.4) is 0 Å². The molecule has 0 aromatic heterocycles. The van der Waals surface area contributed by atoms with Crippen molar-refractivity contribution in [2.45, 2.75) is 314 Å². The molecule has 1 aliphatic rings. The van der Waals surface area contributed by atoms with E-state index in [9.17, 15) is 35.1 Å². The first-order chi connectivity index (χ1) is 34.2. The molecule has 0 aromatic rings. The van der Waals surface area contributed by atoms with Gasteiger partial charge in [-0.25, -0.2) is 0 Å². The maximum absolute atomic E-state index is 13.4. The maximum atomic E-state index is 13.4. The van der Waals surface area contributed by atoms with E-state index in [-0.39, 0.29) is 19.4 Å². The maximum Gasteiger partial charge on any atom is 0.306 e. The first-order valence-electron chi connectivity index (χ1n) is 29.3. The van der Waals surface area contributed by atoms with E-state index in [0.29, 0.717) is 12.8 Å². The number of esters is 1. The molecule has 8 unspecified atom stereocenters. The Labute approximate surface area is 428 Å². The van der Waals surface area contributed by atoms with E-state index in [1.807, 2.05) is 6.08 Å². The molecule has 6 N–H and O–H groups in total. The average Bonchev–Trinajstić information content (AvgIpc) is 3.36. The number of amides is 1.